The van der Waals surface area contributed by atoms with Gasteiger partial charge in [-0.3, -0.25) is 4.79 Å². The lowest BCUT2D eigenvalue weighted by Gasteiger charge is -2.17. The van der Waals surface area contributed by atoms with Crippen molar-refractivity contribution in [1.29, 1.82) is 0 Å². The van der Waals surface area contributed by atoms with E-state index in [1.807, 2.05) is 44.3 Å². The predicted octanol–water partition coefficient (Wildman–Crippen LogP) is 3.04. The summed E-state index contributed by atoms with van der Waals surface area (Å²) < 4.78 is 16.7. The number of amides is 1. The highest BCUT2D eigenvalue weighted by Gasteiger charge is 2.18. The molecule has 0 fully saturated rings. The van der Waals surface area contributed by atoms with E-state index in [1.165, 1.54) is 14.2 Å². The second-order valence-electron chi connectivity index (χ2n) is 5.88. The van der Waals surface area contributed by atoms with Gasteiger partial charge in [-0.25, -0.2) is 0 Å². The van der Waals surface area contributed by atoms with Crippen LogP contribution in [0.4, 0.5) is 0 Å². The molecule has 0 spiro atoms. The zero-order valence-electron chi connectivity index (χ0n) is 16.1. The Kier molecular flexibility index (Phi) is 9.47. The molecule has 1 atom stereocenters. The maximum atomic E-state index is 12.4. The third kappa shape index (κ3) is 6.34. The van der Waals surface area contributed by atoms with Gasteiger partial charge < -0.3 is 24.8 Å². The molecule has 1 unspecified atom stereocenters. The molecule has 0 saturated heterocycles. The third-order valence-electron chi connectivity index (χ3n) is 4.01. The monoisotopic (exact) mass is 394 g/mol. The fourth-order valence-corrected chi connectivity index (χ4v) is 2.33. The normalized spacial score (nSPS) is 11.1. The van der Waals surface area contributed by atoms with Crippen LogP contribution in [0.2, 0.25) is 0 Å². The molecule has 7 heteroatoms. The number of halogens is 1. The Morgan fingerprint density at radius 2 is 1.67 bits per heavy atom. The molecule has 0 aromatic heterocycles. The van der Waals surface area contributed by atoms with Gasteiger partial charge >= 0.3 is 0 Å². The Hall–Kier alpha value is -2.44. The van der Waals surface area contributed by atoms with E-state index >= 15 is 0 Å². The molecule has 27 heavy (non-hydrogen) atoms. The summed E-state index contributed by atoms with van der Waals surface area (Å²) >= 11 is 0. The highest BCUT2D eigenvalue weighted by atomic mass is 35.5. The summed E-state index contributed by atoms with van der Waals surface area (Å²) in [6, 6.07) is 13.3. The summed E-state index contributed by atoms with van der Waals surface area (Å²) in [5.41, 5.74) is 1.48. The molecule has 1 amide bonds. The first kappa shape index (κ1) is 22.6. The zero-order chi connectivity index (χ0) is 18.9. The molecule has 0 aliphatic rings. The number of hydrogen-bond acceptors (Lipinski definition) is 5. The van der Waals surface area contributed by atoms with E-state index in [0.717, 1.165) is 5.56 Å². The van der Waals surface area contributed by atoms with E-state index in [0.29, 0.717) is 36.0 Å². The summed E-state index contributed by atoms with van der Waals surface area (Å²) in [6.45, 7) is 2.88. The van der Waals surface area contributed by atoms with Crippen LogP contribution < -0.4 is 24.8 Å². The number of methoxy groups -OCH3 is 2. The van der Waals surface area contributed by atoms with Gasteiger partial charge in [0.05, 0.1) is 14.2 Å². The molecule has 148 valence electrons. The van der Waals surface area contributed by atoms with Crippen molar-refractivity contribution in [1.82, 2.24) is 10.6 Å². The average molecular weight is 395 g/mol. The van der Waals surface area contributed by atoms with Gasteiger partial charge in [0.15, 0.2) is 11.5 Å². The first-order chi connectivity index (χ1) is 12.6. The van der Waals surface area contributed by atoms with Crippen LogP contribution >= 0.6 is 12.4 Å². The van der Waals surface area contributed by atoms with Crippen LogP contribution in [0.1, 0.15) is 22.8 Å². The van der Waals surface area contributed by atoms with E-state index in [9.17, 15) is 4.79 Å². The number of carbonyl (C=O) groups is 1. The van der Waals surface area contributed by atoms with Crippen molar-refractivity contribution in [2.75, 3.05) is 27.8 Å². The van der Waals surface area contributed by atoms with Crippen LogP contribution in [0.3, 0.4) is 0 Å². The lowest BCUT2D eigenvalue weighted by atomic mass is 10.1. The molecule has 0 bridgehead atoms. The van der Waals surface area contributed by atoms with E-state index in [2.05, 4.69) is 10.6 Å². The van der Waals surface area contributed by atoms with Crippen LogP contribution in [0.25, 0.3) is 0 Å². The lowest BCUT2D eigenvalue weighted by Crippen LogP contribution is -2.37. The van der Waals surface area contributed by atoms with Crippen molar-refractivity contribution in [3.63, 3.8) is 0 Å². The molecular weight excluding hydrogens is 368 g/mol. The van der Waals surface area contributed by atoms with Crippen molar-refractivity contribution in [3.05, 3.63) is 53.6 Å². The first-order valence-electron chi connectivity index (χ1n) is 8.47. The Morgan fingerprint density at radius 3 is 2.19 bits per heavy atom. The molecule has 2 rings (SSSR count). The van der Waals surface area contributed by atoms with Crippen LogP contribution in [-0.4, -0.2) is 39.8 Å². The maximum absolute atomic E-state index is 12.4. The van der Waals surface area contributed by atoms with E-state index < -0.39 is 0 Å². The molecule has 0 saturated carbocycles. The quantitative estimate of drug-likeness (QED) is 0.684. The van der Waals surface area contributed by atoms with Crippen molar-refractivity contribution >= 4 is 18.3 Å². The van der Waals surface area contributed by atoms with Gasteiger partial charge in [0, 0.05) is 18.2 Å². The Morgan fingerprint density at radius 1 is 1.07 bits per heavy atom. The fraction of sp³-hybridized carbons (Fsp3) is 0.350. The minimum absolute atomic E-state index is 0. The molecule has 2 aromatic rings. The van der Waals surface area contributed by atoms with E-state index in [4.69, 9.17) is 14.2 Å². The standard InChI is InChI=1S/C20H26N2O4.ClH/c1-14(21-2)12-22-20(23)16-10-17(24-3)19(18(11-16)25-4)26-13-15-8-6-5-7-9-15;/h5-11,14,21H,12-13H2,1-4H3,(H,22,23);1H. The Balaban J connectivity index is 0.00000364. The largest absolute Gasteiger partial charge is 0.493 e. The SMILES string of the molecule is CNC(C)CNC(=O)c1cc(OC)c(OCc2ccccc2)c(OC)c1.Cl. The molecule has 6 nitrogen and oxygen atoms in total. The van der Waals surface area contributed by atoms with Gasteiger partial charge in [-0.05, 0) is 31.7 Å². The van der Waals surface area contributed by atoms with Crippen LogP contribution in [0.15, 0.2) is 42.5 Å². The number of benzene rings is 2. The molecule has 0 radical (unpaired) electrons. The van der Waals surface area contributed by atoms with Crippen LogP contribution in [0.5, 0.6) is 17.2 Å². The van der Waals surface area contributed by atoms with Crippen molar-refractivity contribution < 1.29 is 19.0 Å². The third-order valence-corrected chi connectivity index (χ3v) is 4.01. The highest BCUT2D eigenvalue weighted by Crippen LogP contribution is 2.39. The highest BCUT2D eigenvalue weighted by molar-refractivity contribution is 5.95. The van der Waals surface area contributed by atoms with Gasteiger partial charge in [-0.2, -0.15) is 0 Å². The lowest BCUT2D eigenvalue weighted by molar-refractivity contribution is 0.0949. The second-order valence-corrected chi connectivity index (χ2v) is 5.88. The minimum Gasteiger partial charge on any atom is -0.493 e. The first-order valence-corrected chi connectivity index (χ1v) is 8.47. The molecule has 0 aliphatic carbocycles. The van der Waals surface area contributed by atoms with Crippen molar-refractivity contribution in [3.8, 4) is 17.2 Å². The van der Waals surface area contributed by atoms with Gasteiger partial charge in [-0.15, -0.1) is 12.4 Å². The summed E-state index contributed by atoms with van der Waals surface area (Å²) in [5.74, 6) is 1.18. The topological polar surface area (TPSA) is 68.8 Å². The number of hydrogen-bond donors (Lipinski definition) is 2. The summed E-state index contributed by atoms with van der Waals surface area (Å²) in [6.07, 6.45) is 0. The summed E-state index contributed by atoms with van der Waals surface area (Å²) in [5, 5.41) is 5.95. The minimum atomic E-state index is -0.196. The maximum Gasteiger partial charge on any atom is 0.251 e. The Labute approximate surface area is 166 Å². The number of ether oxygens (including phenoxy) is 3. The van der Waals surface area contributed by atoms with Gasteiger partial charge in [0.25, 0.3) is 5.91 Å². The summed E-state index contributed by atoms with van der Waals surface area (Å²) in [4.78, 5) is 12.4. The van der Waals surface area contributed by atoms with Crippen LogP contribution in [-0.2, 0) is 6.61 Å². The molecule has 2 aromatic carbocycles. The van der Waals surface area contributed by atoms with Gasteiger partial charge in [0.1, 0.15) is 6.61 Å². The van der Waals surface area contributed by atoms with Crippen molar-refractivity contribution in [2.24, 2.45) is 0 Å². The molecular formula is C20H27ClN2O4. The average Bonchev–Trinajstić information content (AvgIpc) is 2.70. The van der Waals surface area contributed by atoms with Gasteiger partial charge in [-0.1, -0.05) is 30.3 Å². The Bertz CT molecular complexity index is 700. The van der Waals surface area contributed by atoms with E-state index in [1.54, 1.807) is 12.1 Å². The fourth-order valence-electron chi connectivity index (χ4n) is 2.33. The number of nitrogens with one attached hydrogen (secondary N) is 2. The van der Waals surface area contributed by atoms with Crippen molar-refractivity contribution in [2.45, 2.75) is 19.6 Å². The smallest absolute Gasteiger partial charge is 0.251 e. The number of carbonyl (C=O) groups excluding carboxylic acids is 1. The molecule has 2 N–H and O–H groups in total. The predicted molar refractivity (Wildman–Crippen MR) is 108 cm³/mol. The molecule has 0 aliphatic heterocycles. The van der Waals surface area contributed by atoms with E-state index in [-0.39, 0.29) is 24.4 Å². The van der Waals surface area contributed by atoms with Gasteiger partial charge in [0.2, 0.25) is 5.75 Å². The second kappa shape index (κ2) is 11.3. The number of rotatable bonds is 9. The number of likely N-dealkylation sites (N-methyl/N-ethyl adjacent to an activating group) is 1. The van der Waals surface area contributed by atoms with Crippen LogP contribution in [0, 0.1) is 0 Å². The summed E-state index contributed by atoms with van der Waals surface area (Å²) in [7, 11) is 4.92. The molecule has 0 heterocycles. The zero-order valence-corrected chi connectivity index (χ0v) is 16.9.